The summed E-state index contributed by atoms with van der Waals surface area (Å²) in [5, 5.41) is 6.70. The van der Waals surface area contributed by atoms with Crippen molar-refractivity contribution >= 4 is 11.3 Å². The van der Waals surface area contributed by atoms with Crippen LogP contribution in [0.1, 0.15) is 38.3 Å². The lowest BCUT2D eigenvalue weighted by molar-refractivity contribution is 0.195. The fourth-order valence-electron chi connectivity index (χ4n) is 3.10. The van der Waals surface area contributed by atoms with Crippen molar-refractivity contribution in [2.75, 3.05) is 19.6 Å². The number of halogens is 1. The largest absolute Gasteiger partial charge is 0.308 e. The molecule has 5 heteroatoms. The molecule has 3 nitrogen and oxygen atoms in total. The summed E-state index contributed by atoms with van der Waals surface area (Å²) in [6.07, 6.45) is 5.03. The fraction of sp³-hybridized carbons (Fsp3) is 0.526. The summed E-state index contributed by atoms with van der Waals surface area (Å²) in [6.45, 7) is 6.72. The third kappa shape index (κ3) is 4.85. The number of benzene rings is 1. The van der Waals surface area contributed by atoms with Crippen molar-refractivity contribution in [3.8, 4) is 10.6 Å². The highest BCUT2D eigenvalue weighted by Gasteiger charge is 2.18. The van der Waals surface area contributed by atoms with Crippen molar-refractivity contribution < 1.29 is 4.39 Å². The molecule has 0 atom stereocenters. The molecule has 1 aromatic heterocycles. The molecule has 2 heterocycles. The number of rotatable bonds is 7. The molecule has 0 saturated carbocycles. The van der Waals surface area contributed by atoms with Gasteiger partial charge in [-0.1, -0.05) is 13.3 Å². The van der Waals surface area contributed by atoms with E-state index in [0.29, 0.717) is 6.04 Å². The van der Waals surface area contributed by atoms with Gasteiger partial charge in [0, 0.05) is 23.5 Å². The topological polar surface area (TPSA) is 28.2 Å². The van der Waals surface area contributed by atoms with Gasteiger partial charge in [0.25, 0.3) is 0 Å². The van der Waals surface area contributed by atoms with E-state index in [2.05, 4.69) is 27.5 Å². The minimum absolute atomic E-state index is 0.206. The molecular formula is C19H26FN3S. The molecule has 1 saturated heterocycles. The number of thiazole rings is 1. The maximum absolute atomic E-state index is 13.0. The Balaban J connectivity index is 1.45. The quantitative estimate of drug-likeness (QED) is 0.809. The lowest BCUT2D eigenvalue weighted by atomic mass is 10.0. The van der Waals surface area contributed by atoms with E-state index in [1.807, 2.05) is 0 Å². The van der Waals surface area contributed by atoms with Crippen LogP contribution in [0.25, 0.3) is 10.6 Å². The molecule has 1 N–H and O–H groups in total. The van der Waals surface area contributed by atoms with Gasteiger partial charge in [0.1, 0.15) is 10.8 Å². The van der Waals surface area contributed by atoms with Crippen LogP contribution in [0.5, 0.6) is 0 Å². The van der Waals surface area contributed by atoms with Crippen LogP contribution in [0.15, 0.2) is 29.6 Å². The molecular weight excluding hydrogens is 321 g/mol. The van der Waals surface area contributed by atoms with E-state index in [0.717, 1.165) is 22.8 Å². The maximum atomic E-state index is 13.0. The summed E-state index contributed by atoms with van der Waals surface area (Å²) >= 11 is 1.62. The van der Waals surface area contributed by atoms with E-state index >= 15 is 0 Å². The van der Waals surface area contributed by atoms with Crippen LogP contribution in [-0.4, -0.2) is 35.6 Å². The zero-order valence-corrected chi connectivity index (χ0v) is 15.1. The average molecular weight is 348 g/mol. The van der Waals surface area contributed by atoms with Crippen molar-refractivity contribution in [1.82, 2.24) is 15.2 Å². The van der Waals surface area contributed by atoms with Gasteiger partial charge in [-0.25, -0.2) is 9.37 Å². The van der Waals surface area contributed by atoms with Gasteiger partial charge in [-0.3, -0.25) is 0 Å². The Kier molecular flexibility index (Phi) is 6.35. The van der Waals surface area contributed by atoms with Crippen LogP contribution in [-0.2, 0) is 6.54 Å². The van der Waals surface area contributed by atoms with Crippen LogP contribution in [0.4, 0.5) is 4.39 Å². The molecule has 0 radical (unpaired) electrons. The van der Waals surface area contributed by atoms with Gasteiger partial charge in [0.05, 0.1) is 5.69 Å². The number of nitrogens with zero attached hydrogens (tertiary/aromatic N) is 2. The summed E-state index contributed by atoms with van der Waals surface area (Å²) in [5.74, 6) is -0.206. The van der Waals surface area contributed by atoms with E-state index < -0.39 is 0 Å². The zero-order valence-electron chi connectivity index (χ0n) is 14.3. The zero-order chi connectivity index (χ0) is 16.8. The SMILES string of the molecule is CCCCN1CCC(NCc2csc(-c3ccc(F)cc3)n2)CC1. The number of hydrogen-bond acceptors (Lipinski definition) is 4. The van der Waals surface area contributed by atoms with Gasteiger partial charge < -0.3 is 10.2 Å². The standard InChI is InChI=1S/C19H26FN3S/c1-2-3-10-23-11-8-17(9-12-23)21-13-18-14-24-19(22-18)15-4-6-16(20)7-5-15/h4-7,14,17,21H,2-3,8-13H2,1H3. The second-order valence-electron chi connectivity index (χ2n) is 6.50. The minimum Gasteiger partial charge on any atom is -0.308 e. The third-order valence-electron chi connectivity index (χ3n) is 4.63. The Morgan fingerprint density at radius 2 is 2.00 bits per heavy atom. The number of hydrogen-bond donors (Lipinski definition) is 1. The van der Waals surface area contributed by atoms with Crippen LogP contribution >= 0.6 is 11.3 Å². The van der Waals surface area contributed by atoms with Gasteiger partial charge in [-0.15, -0.1) is 11.3 Å². The normalized spacial score (nSPS) is 16.6. The first-order chi connectivity index (χ1) is 11.7. The number of unbranched alkanes of at least 4 members (excludes halogenated alkanes) is 1. The summed E-state index contributed by atoms with van der Waals surface area (Å²) in [5.41, 5.74) is 2.06. The Bertz CT molecular complexity index is 618. The molecule has 24 heavy (non-hydrogen) atoms. The Morgan fingerprint density at radius 3 is 2.71 bits per heavy atom. The molecule has 0 unspecified atom stereocenters. The second-order valence-corrected chi connectivity index (χ2v) is 7.36. The van der Waals surface area contributed by atoms with Crippen molar-refractivity contribution in [3.63, 3.8) is 0 Å². The maximum Gasteiger partial charge on any atom is 0.123 e. The highest BCUT2D eigenvalue weighted by molar-refractivity contribution is 7.13. The van der Waals surface area contributed by atoms with Gasteiger partial charge in [-0.05, 0) is 63.2 Å². The highest BCUT2D eigenvalue weighted by atomic mass is 32.1. The summed E-state index contributed by atoms with van der Waals surface area (Å²) in [7, 11) is 0. The molecule has 130 valence electrons. The fourth-order valence-corrected chi connectivity index (χ4v) is 3.93. The van der Waals surface area contributed by atoms with Crippen LogP contribution in [0.3, 0.4) is 0 Å². The number of piperidine rings is 1. The third-order valence-corrected chi connectivity index (χ3v) is 5.57. The van der Waals surface area contributed by atoms with E-state index in [1.165, 1.54) is 57.5 Å². The number of likely N-dealkylation sites (tertiary alicyclic amines) is 1. The first kappa shape index (κ1) is 17.5. The molecule has 0 bridgehead atoms. The van der Waals surface area contributed by atoms with E-state index in [-0.39, 0.29) is 5.82 Å². The molecule has 0 amide bonds. The first-order valence-electron chi connectivity index (χ1n) is 8.90. The van der Waals surface area contributed by atoms with Gasteiger partial charge in [0.2, 0.25) is 0 Å². The lowest BCUT2D eigenvalue weighted by Crippen LogP contribution is -2.42. The van der Waals surface area contributed by atoms with Crippen molar-refractivity contribution in [3.05, 3.63) is 41.2 Å². The predicted molar refractivity (Wildman–Crippen MR) is 98.7 cm³/mol. The number of aromatic nitrogens is 1. The monoisotopic (exact) mass is 347 g/mol. The summed E-state index contributed by atoms with van der Waals surface area (Å²) in [6, 6.07) is 7.15. The highest BCUT2D eigenvalue weighted by Crippen LogP contribution is 2.24. The van der Waals surface area contributed by atoms with Crippen molar-refractivity contribution in [1.29, 1.82) is 0 Å². The van der Waals surface area contributed by atoms with Gasteiger partial charge >= 0.3 is 0 Å². The molecule has 0 spiro atoms. The van der Waals surface area contributed by atoms with E-state index in [9.17, 15) is 4.39 Å². The van der Waals surface area contributed by atoms with Crippen LogP contribution < -0.4 is 5.32 Å². The van der Waals surface area contributed by atoms with Crippen LogP contribution in [0, 0.1) is 5.82 Å². The second kappa shape index (κ2) is 8.70. The molecule has 3 rings (SSSR count). The van der Waals surface area contributed by atoms with Gasteiger partial charge in [-0.2, -0.15) is 0 Å². The lowest BCUT2D eigenvalue weighted by Gasteiger charge is -2.32. The molecule has 2 aromatic rings. The molecule has 0 aliphatic carbocycles. The molecule has 1 aromatic carbocycles. The van der Waals surface area contributed by atoms with E-state index in [4.69, 9.17) is 0 Å². The van der Waals surface area contributed by atoms with E-state index in [1.54, 1.807) is 23.5 Å². The Morgan fingerprint density at radius 1 is 1.25 bits per heavy atom. The average Bonchev–Trinajstić information content (AvgIpc) is 3.09. The molecule has 1 aliphatic rings. The molecule has 1 fully saturated rings. The molecule has 1 aliphatic heterocycles. The Labute approximate surface area is 147 Å². The van der Waals surface area contributed by atoms with Crippen LogP contribution in [0.2, 0.25) is 0 Å². The summed E-state index contributed by atoms with van der Waals surface area (Å²) < 4.78 is 13.0. The predicted octanol–water partition coefficient (Wildman–Crippen LogP) is 4.30. The van der Waals surface area contributed by atoms with Gasteiger partial charge in [0.15, 0.2) is 0 Å². The summed E-state index contributed by atoms with van der Waals surface area (Å²) in [4.78, 5) is 7.25. The first-order valence-corrected chi connectivity index (χ1v) is 9.78. The number of nitrogens with one attached hydrogen (secondary N) is 1. The van der Waals surface area contributed by atoms with Crippen molar-refractivity contribution in [2.45, 2.75) is 45.2 Å². The minimum atomic E-state index is -0.206. The smallest absolute Gasteiger partial charge is 0.123 e. The Hall–Kier alpha value is -1.30. The van der Waals surface area contributed by atoms with Crippen molar-refractivity contribution in [2.24, 2.45) is 0 Å².